The van der Waals surface area contributed by atoms with Crippen LogP contribution in [0.25, 0.3) is 0 Å². The number of hydrogen-bond acceptors (Lipinski definition) is 2. The molecule has 2 nitrogen and oxygen atoms in total. The molecule has 2 heteroatoms. The van der Waals surface area contributed by atoms with Crippen LogP contribution in [0.3, 0.4) is 0 Å². The molecule has 0 aliphatic heterocycles. The minimum atomic E-state index is -0.0869. The number of hydrogen-bond donors (Lipinski definition) is 0. The van der Waals surface area contributed by atoms with Gasteiger partial charge in [-0.15, -0.1) is 0 Å². The molecule has 21 heavy (non-hydrogen) atoms. The van der Waals surface area contributed by atoms with Crippen molar-refractivity contribution in [3.8, 4) is 0 Å². The van der Waals surface area contributed by atoms with Gasteiger partial charge in [-0.3, -0.25) is 4.79 Å². The number of unbranched alkanes of at least 4 members (excludes halogenated alkanes) is 5. The summed E-state index contributed by atoms with van der Waals surface area (Å²) in [7, 11) is 1.45. The van der Waals surface area contributed by atoms with Crippen molar-refractivity contribution in [3.05, 3.63) is 36.5 Å². The molecule has 0 unspecified atom stereocenters. The summed E-state index contributed by atoms with van der Waals surface area (Å²) in [4.78, 5) is 10.9. The Kier molecular flexibility index (Phi) is 15.7. The van der Waals surface area contributed by atoms with Crippen molar-refractivity contribution >= 4 is 5.97 Å². The van der Waals surface area contributed by atoms with E-state index >= 15 is 0 Å². The Balaban J connectivity index is 3.25. The van der Waals surface area contributed by atoms with E-state index in [0.29, 0.717) is 6.42 Å². The van der Waals surface area contributed by atoms with Crippen LogP contribution >= 0.6 is 0 Å². The third-order valence-corrected chi connectivity index (χ3v) is 3.26. The monoisotopic (exact) mass is 292 g/mol. The number of carbonyl (C=O) groups excluding carboxylic acids is 1. The summed E-state index contributed by atoms with van der Waals surface area (Å²) >= 11 is 0. The highest BCUT2D eigenvalue weighted by Crippen LogP contribution is 2.08. The number of rotatable bonds is 13. The highest BCUT2D eigenvalue weighted by Gasteiger charge is 1.98. The lowest BCUT2D eigenvalue weighted by molar-refractivity contribution is -0.140. The lowest BCUT2D eigenvalue weighted by atomic mass is 10.1. The fourth-order valence-electron chi connectivity index (χ4n) is 1.99. The van der Waals surface area contributed by atoms with Crippen molar-refractivity contribution in [2.24, 2.45) is 0 Å². The number of ether oxygens (including phenoxy) is 1. The average Bonchev–Trinajstić information content (AvgIpc) is 2.50. The molecular weight excluding hydrogens is 260 g/mol. The highest BCUT2D eigenvalue weighted by molar-refractivity contribution is 5.68. The molecule has 0 heterocycles. The quantitative estimate of drug-likeness (QED) is 0.245. The fourth-order valence-corrected chi connectivity index (χ4v) is 1.99. The van der Waals surface area contributed by atoms with Gasteiger partial charge >= 0.3 is 5.97 Å². The van der Waals surface area contributed by atoms with Gasteiger partial charge in [0.2, 0.25) is 0 Å². The van der Waals surface area contributed by atoms with Gasteiger partial charge in [0, 0.05) is 6.42 Å². The van der Waals surface area contributed by atoms with Gasteiger partial charge in [-0.2, -0.15) is 0 Å². The number of esters is 1. The van der Waals surface area contributed by atoms with Gasteiger partial charge in [0.25, 0.3) is 0 Å². The van der Waals surface area contributed by atoms with Gasteiger partial charge in [0.15, 0.2) is 0 Å². The molecule has 0 atom stereocenters. The van der Waals surface area contributed by atoms with E-state index in [1.165, 1.54) is 32.8 Å². The summed E-state index contributed by atoms with van der Waals surface area (Å²) in [6, 6.07) is 0. The Morgan fingerprint density at radius 2 is 1.38 bits per heavy atom. The zero-order chi connectivity index (χ0) is 15.6. The van der Waals surface area contributed by atoms with E-state index in [2.05, 4.69) is 48.1 Å². The summed E-state index contributed by atoms with van der Waals surface area (Å²) in [6.45, 7) is 2.15. The normalized spacial score (nSPS) is 11.9. The van der Waals surface area contributed by atoms with Gasteiger partial charge in [0.05, 0.1) is 7.11 Å². The minimum absolute atomic E-state index is 0.0869. The largest absolute Gasteiger partial charge is 0.469 e. The highest BCUT2D eigenvalue weighted by atomic mass is 16.5. The van der Waals surface area contributed by atoms with Crippen molar-refractivity contribution < 1.29 is 9.53 Å². The Morgan fingerprint density at radius 1 is 0.810 bits per heavy atom. The number of carbonyl (C=O) groups is 1. The molecule has 0 aromatic heterocycles. The Labute approximate surface area is 131 Å². The van der Waals surface area contributed by atoms with Crippen LogP contribution < -0.4 is 0 Å². The zero-order valence-electron chi connectivity index (χ0n) is 13.9. The third kappa shape index (κ3) is 16.6. The van der Waals surface area contributed by atoms with E-state index in [1.54, 1.807) is 0 Å². The molecule has 0 rings (SSSR count). The summed E-state index contributed by atoms with van der Waals surface area (Å²) in [6.07, 6.45) is 24.1. The number of methoxy groups -OCH3 is 1. The molecule has 120 valence electrons. The van der Waals surface area contributed by atoms with E-state index in [4.69, 9.17) is 0 Å². The molecule has 0 radical (unpaired) electrons. The topological polar surface area (TPSA) is 26.3 Å². The lowest BCUT2D eigenvalue weighted by Gasteiger charge is -1.99. The lowest BCUT2D eigenvalue weighted by Crippen LogP contribution is -1.98. The van der Waals surface area contributed by atoms with Crippen LogP contribution in [0.15, 0.2) is 36.5 Å². The van der Waals surface area contributed by atoms with Crippen molar-refractivity contribution in [1.29, 1.82) is 0 Å². The summed E-state index contributed by atoms with van der Waals surface area (Å²) in [5, 5.41) is 0. The second kappa shape index (κ2) is 16.7. The van der Waals surface area contributed by atoms with E-state index < -0.39 is 0 Å². The molecule has 0 saturated carbocycles. The van der Waals surface area contributed by atoms with Crippen molar-refractivity contribution in [2.45, 2.75) is 71.1 Å². The summed E-state index contributed by atoms with van der Waals surface area (Å²) < 4.78 is 4.61. The Morgan fingerprint density at radius 3 is 2.05 bits per heavy atom. The van der Waals surface area contributed by atoms with Crippen LogP contribution in [0.2, 0.25) is 0 Å². The summed E-state index contributed by atoms with van der Waals surface area (Å²) in [5.41, 5.74) is 0. The molecule has 0 spiro atoms. The Hall–Kier alpha value is -1.31. The van der Waals surface area contributed by atoms with Crippen LogP contribution in [0, 0.1) is 0 Å². The van der Waals surface area contributed by atoms with E-state index in [-0.39, 0.29) is 5.97 Å². The van der Waals surface area contributed by atoms with E-state index in [9.17, 15) is 4.79 Å². The molecule has 0 bridgehead atoms. The fraction of sp³-hybridized carbons (Fsp3) is 0.632. The van der Waals surface area contributed by atoms with Crippen LogP contribution in [-0.4, -0.2) is 13.1 Å². The molecule has 0 amide bonds. The van der Waals surface area contributed by atoms with Crippen molar-refractivity contribution in [2.75, 3.05) is 7.11 Å². The second-order valence-corrected chi connectivity index (χ2v) is 5.18. The molecule has 0 aliphatic carbocycles. The zero-order valence-corrected chi connectivity index (χ0v) is 13.9. The first-order valence-electron chi connectivity index (χ1n) is 8.33. The first-order valence-corrected chi connectivity index (χ1v) is 8.33. The molecule has 0 saturated heterocycles. The van der Waals surface area contributed by atoms with Gasteiger partial charge in [0.1, 0.15) is 0 Å². The van der Waals surface area contributed by atoms with E-state index in [1.807, 2.05) is 0 Å². The standard InChI is InChI=1S/C19H32O2/c1-3-4-5-6-7-8-9-10-11-12-13-14-15-16-17-18-19(20)21-2/h4-5,7-8,10-11H,3,6,9,12-18H2,1-2H3/b5-4-,8-7-,11-10+. The van der Waals surface area contributed by atoms with Crippen LogP contribution in [0.4, 0.5) is 0 Å². The van der Waals surface area contributed by atoms with Gasteiger partial charge in [-0.1, -0.05) is 62.6 Å². The second-order valence-electron chi connectivity index (χ2n) is 5.18. The SMILES string of the molecule is CC/C=C\C/C=C\C/C=C/CCCCCCCC(=O)OC. The maximum atomic E-state index is 10.9. The average molecular weight is 292 g/mol. The first-order chi connectivity index (χ1) is 10.3. The Bertz CT molecular complexity index is 314. The number of allylic oxidation sites excluding steroid dienone is 6. The molecular formula is C19H32O2. The van der Waals surface area contributed by atoms with Crippen LogP contribution in [0.5, 0.6) is 0 Å². The van der Waals surface area contributed by atoms with Gasteiger partial charge < -0.3 is 4.74 Å². The van der Waals surface area contributed by atoms with Crippen LogP contribution in [0.1, 0.15) is 71.1 Å². The molecule has 0 aliphatic rings. The maximum absolute atomic E-state index is 10.9. The third-order valence-electron chi connectivity index (χ3n) is 3.26. The van der Waals surface area contributed by atoms with Gasteiger partial charge in [-0.25, -0.2) is 0 Å². The minimum Gasteiger partial charge on any atom is -0.469 e. The molecule has 0 aromatic carbocycles. The first kappa shape index (κ1) is 19.7. The van der Waals surface area contributed by atoms with Crippen molar-refractivity contribution in [3.63, 3.8) is 0 Å². The predicted molar refractivity (Wildman–Crippen MR) is 91.3 cm³/mol. The molecule has 0 fully saturated rings. The predicted octanol–water partition coefficient (Wildman–Crippen LogP) is 5.75. The van der Waals surface area contributed by atoms with Crippen molar-refractivity contribution in [1.82, 2.24) is 0 Å². The van der Waals surface area contributed by atoms with E-state index in [0.717, 1.165) is 32.1 Å². The summed E-state index contributed by atoms with van der Waals surface area (Å²) in [5.74, 6) is -0.0869. The molecule has 0 aromatic rings. The maximum Gasteiger partial charge on any atom is 0.305 e. The smallest absolute Gasteiger partial charge is 0.305 e. The molecule has 0 N–H and O–H groups in total. The van der Waals surface area contributed by atoms with Crippen LogP contribution in [-0.2, 0) is 9.53 Å². The van der Waals surface area contributed by atoms with Gasteiger partial charge in [-0.05, 0) is 38.5 Å².